The molecule has 4 heteroatoms. The summed E-state index contributed by atoms with van der Waals surface area (Å²) in [4.78, 5) is 15.9. The van der Waals surface area contributed by atoms with E-state index in [1.807, 2.05) is 36.4 Å². The van der Waals surface area contributed by atoms with Gasteiger partial charge in [-0.2, -0.15) is 0 Å². The molecule has 1 aliphatic heterocycles. The lowest BCUT2D eigenvalue weighted by Crippen LogP contribution is -1.87. The van der Waals surface area contributed by atoms with E-state index < -0.39 is 0 Å². The molecule has 2 rings (SSSR count). The average molecular weight is 249 g/mol. The minimum absolute atomic E-state index is 0.0415. The molecule has 1 aromatic rings. The van der Waals surface area contributed by atoms with Crippen LogP contribution in [-0.2, 0) is 4.79 Å². The van der Waals surface area contributed by atoms with Crippen molar-refractivity contribution in [1.29, 1.82) is 0 Å². The van der Waals surface area contributed by atoms with Gasteiger partial charge in [0.05, 0.1) is 0 Å². The van der Waals surface area contributed by atoms with Crippen LogP contribution in [0.15, 0.2) is 41.0 Å². The Morgan fingerprint density at radius 3 is 2.81 bits per heavy atom. The first-order chi connectivity index (χ1) is 7.79. The fraction of sp³-hybridized carbons (Fsp3) is 0.167. The van der Waals surface area contributed by atoms with Crippen LogP contribution >= 0.6 is 23.5 Å². The second kappa shape index (κ2) is 5.37. The number of nitrogens with zero attached hydrogens (tertiary/aromatic N) is 1. The second-order valence-corrected chi connectivity index (χ2v) is 5.61. The van der Waals surface area contributed by atoms with Crippen LogP contribution in [0.2, 0.25) is 0 Å². The predicted octanol–water partition coefficient (Wildman–Crippen LogP) is 3.41. The van der Waals surface area contributed by atoms with Gasteiger partial charge in [-0.15, -0.1) is 0 Å². The SMILES string of the molecule is CCSC1=NC(=Cc2ccccc2)C(=O)S1. The van der Waals surface area contributed by atoms with E-state index in [0.29, 0.717) is 5.70 Å². The Morgan fingerprint density at radius 1 is 1.38 bits per heavy atom. The van der Waals surface area contributed by atoms with Crippen molar-refractivity contribution < 1.29 is 4.79 Å². The van der Waals surface area contributed by atoms with Crippen LogP contribution in [0.1, 0.15) is 12.5 Å². The third-order valence-electron chi connectivity index (χ3n) is 1.97. The average Bonchev–Trinajstić information content (AvgIpc) is 2.61. The lowest BCUT2D eigenvalue weighted by Gasteiger charge is -1.92. The molecule has 1 aromatic carbocycles. The first-order valence-corrected chi connectivity index (χ1v) is 6.80. The molecule has 0 fully saturated rings. The topological polar surface area (TPSA) is 29.4 Å². The molecule has 82 valence electrons. The van der Waals surface area contributed by atoms with Gasteiger partial charge in [-0.1, -0.05) is 49.0 Å². The smallest absolute Gasteiger partial charge is 0.244 e. The maximum Gasteiger partial charge on any atom is 0.244 e. The van der Waals surface area contributed by atoms with Gasteiger partial charge in [0.25, 0.3) is 0 Å². The van der Waals surface area contributed by atoms with E-state index in [0.717, 1.165) is 15.7 Å². The van der Waals surface area contributed by atoms with Crippen LogP contribution in [0.25, 0.3) is 6.08 Å². The summed E-state index contributed by atoms with van der Waals surface area (Å²) in [5.74, 6) is 0.942. The molecule has 0 atom stereocenters. The molecule has 16 heavy (non-hydrogen) atoms. The molecule has 0 aromatic heterocycles. The molecular formula is C12H11NOS2. The summed E-state index contributed by atoms with van der Waals surface area (Å²) in [5.41, 5.74) is 1.56. The Labute approximate surface area is 103 Å². The van der Waals surface area contributed by atoms with E-state index in [1.54, 1.807) is 11.8 Å². The normalized spacial score (nSPS) is 17.9. The first kappa shape index (κ1) is 11.5. The molecule has 0 bridgehead atoms. The summed E-state index contributed by atoms with van der Waals surface area (Å²) in [7, 11) is 0. The van der Waals surface area contributed by atoms with Gasteiger partial charge in [0.1, 0.15) is 10.1 Å². The van der Waals surface area contributed by atoms with Crippen LogP contribution in [0.5, 0.6) is 0 Å². The Bertz CT molecular complexity index is 451. The van der Waals surface area contributed by atoms with Gasteiger partial charge in [-0.25, -0.2) is 4.99 Å². The van der Waals surface area contributed by atoms with Gasteiger partial charge >= 0.3 is 0 Å². The molecule has 0 spiro atoms. The number of thioether (sulfide) groups is 2. The number of hydrogen-bond donors (Lipinski definition) is 0. The highest BCUT2D eigenvalue weighted by molar-refractivity contribution is 8.45. The third-order valence-corrected chi connectivity index (χ3v) is 3.86. The van der Waals surface area contributed by atoms with Crippen molar-refractivity contribution in [2.75, 3.05) is 5.75 Å². The maximum absolute atomic E-state index is 11.6. The first-order valence-electron chi connectivity index (χ1n) is 5.00. The molecule has 0 saturated heterocycles. The Hall–Kier alpha value is -1.000. The molecule has 0 N–H and O–H groups in total. The molecule has 1 heterocycles. The molecule has 0 aliphatic carbocycles. The van der Waals surface area contributed by atoms with E-state index in [-0.39, 0.29) is 5.12 Å². The van der Waals surface area contributed by atoms with Crippen LogP contribution in [0.3, 0.4) is 0 Å². The summed E-state index contributed by atoms with van der Waals surface area (Å²) in [6.45, 7) is 2.05. The van der Waals surface area contributed by atoms with Crippen molar-refractivity contribution >= 4 is 39.1 Å². The monoisotopic (exact) mass is 249 g/mol. The molecule has 2 nitrogen and oxygen atoms in total. The molecule has 0 amide bonds. The van der Waals surface area contributed by atoms with Crippen molar-refractivity contribution in [3.63, 3.8) is 0 Å². The second-order valence-electron chi connectivity index (χ2n) is 3.14. The van der Waals surface area contributed by atoms with E-state index in [9.17, 15) is 4.79 Å². The number of carbonyl (C=O) groups is 1. The molecule has 0 radical (unpaired) electrons. The molecule has 1 aliphatic rings. The predicted molar refractivity (Wildman–Crippen MR) is 72.6 cm³/mol. The van der Waals surface area contributed by atoms with Gasteiger partial charge in [0, 0.05) is 0 Å². The molecule has 0 saturated carbocycles. The van der Waals surface area contributed by atoms with Gasteiger partial charge in [-0.05, 0) is 29.2 Å². The Morgan fingerprint density at radius 2 is 2.12 bits per heavy atom. The fourth-order valence-corrected chi connectivity index (χ4v) is 3.02. The number of carbonyl (C=O) groups excluding carboxylic acids is 1. The third kappa shape index (κ3) is 2.77. The molecule has 0 unspecified atom stereocenters. The number of benzene rings is 1. The van der Waals surface area contributed by atoms with Crippen LogP contribution in [0.4, 0.5) is 0 Å². The van der Waals surface area contributed by atoms with Gasteiger partial charge in [-0.3, -0.25) is 4.79 Å². The van der Waals surface area contributed by atoms with Crippen molar-refractivity contribution in [2.24, 2.45) is 4.99 Å². The summed E-state index contributed by atoms with van der Waals surface area (Å²) < 4.78 is 0.856. The van der Waals surface area contributed by atoms with Gasteiger partial charge in [0.15, 0.2) is 0 Å². The van der Waals surface area contributed by atoms with Crippen LogP contribution in [-0.4, -0.2) is 15.2 Å². The minimum Gasteiger partial charge on any atom is -0.279 e. The van der Waals surface area contributed by atoms with E-state index in [2.05, 4.69) is 11.9 Å². The number of rotatable bonds is 2. The highest BCUT2D eigenvalue weighted by Crippen LogP contribution is 2.30. The van der Waals surface area contributed by atoms with Crippen molar-refractivity contribution in [1.82, 2.24) is 0 Å². The highest BCUT2D eigenvalue weighted by Gasteiger charge is 2.21. The lowest BCUT2D eigenvalue weighted by molar-refractivity contribution is -0.107. The highest BCUT2D eigenvalue weighted by atomic mass is 32.2. The van der Waals surface area contributed by atoms with Crippen LogP contribution in [0, 0.1) is 0 Å². The fourth-order valence-electron chi connectivity index (χ4n) is 1.28. The Kier molecular flexibility index (Phi) is 3.85. The number of hydrogen-bond acceptors (Lipinski definition) is 4. The lowest BCUT2D eigenvalue weighted by atomic mass is 10.2. The van der Waals surface area contributed by atoms with E-state index in [4.69, 9.17) is 0 Å². The molecular weight excluding hydrogens is 238 g/mol. The minimum atomic E-state index is 0.0415. The zero-order valence-electron chi connectivity index (χ0n) is 8.84. The summed E-state index contributed by atoms with van der Waals surface area (Å²) in [6, 6.07) is 9.78. The largest absolute Gasteiger partial charge is 0.279 e. The zero-order valence-corrected chi connectivity index (χ0v) is 10.5. The summed E-state index contributed by atoms with van der Waals surface area (Å²) in [5, 5.41) is 0.0415. The quantitative estimate of drug-likeness (QED) is 0.752. The van der Waals surface area contributed by atoms with E-state index >= 15 is 0 Å². The van der Waals surface area contributed by atoms with Crippen molar-refractivity contribution in [3.05, 3.63) is 41.6 Å². The van der Waals surface area contributed by atoms with Crippen molar-refractivity contribution in [2.45, 2.75) is 6.92 Å². The van der Waals surface area contributed by atoms with Gasteiger partial charge < -0.3 is 0 Å². The zero-order chi connectivity index (χ0) is 11.4. The van der Waals surface area contributed by atoms with Crippen LogP contribution < -0.4 is 0 Å². The van der Waals surface area contributed by atoms with Gasteiger partial charge in [0.2, 0.25) is 5.12 Å². The summed E-state index contributed by atoms with van der Waals surface area (Å²) >= 11 is 2.83. The Balaban J connectivity index is 2.22. The summed E-state index contributed by atoms with van der Waals surface area (Å²) in [6.07, 6.45) is 1.83. The van der Waals surface area contributed by atoms with Crippen molar-refractivity contribution in [3.8, 4) is 0 Å². The number of aliphatic imine (C=N–C) groups is 1. The standard InChI is InChI=1S/C12H11NOS2/c1-2-15-12-13-10(11(14)16-12)8-9-6-4-3-5-7-9/h3-8H,2H2,1H3. The maximum atomic E-state index is 11.6. The van der Waals surface area contributed by atoms with E-state index in [1.165, 1.54) is 11.8 Å².